The van der Waals surface area contributed by atoms with E-state index in [9.17, 15) is 14.7 Å². The molecule has 128 valence electrons. The highest BCUT2D eigenvalue weighted by Gasteiger charge is 2.56. The Morgan fingerprint density at radius 1 is 1.29 bits per heavy atom. The number of esters is 1. The first-order valence-corrected chi connectivity index (χ1v) is 7.55. The van der Waals surface area contributed by atoms with Crippen molar-refractivity contribution in [1.82, 2.24) is 0 Å². The van der Waals surface area contributed by atoms with Crippen LogP contribution in [0.15, 0.2) is 33.5 Å². The molecule has 0 saturated carbocycles. The second kappa shape index (κ2) is 5.92. The zero-order valence-corrected chi connectivity index (χ0v) is 13.6. The van der Waals surface area contributed by atoms with Crippen molar-refractivity contribution >= 4 is 16.9 Å². The number of cyclic esters (lactones) is 1. The summed E-state index contributed by atoms with van der Waals surface area (Å²) in [5, 5.41) is 11.2. The van der Waals surface area contributed by atoms with E-state index in [-0.39, 0.29) is 6.61 Å². The predicted octanol–water partition coefficient (Wildman–Crippen LogP) is 1.56. The van der Waals surface area contributed by atoms with Gasteiger partial charge in [0.15, 0.2) is 11.7 Å². The van der Waals surface area contributed by atoms with Gasteiger partial charge in [0.2, 0.25) is 0 Å². The number of carbonyl (C=O) groups excluding carboxylic acids is 1. The summed E-state index contributed by atoms with van der Waals surface area (Å²) in [6.07, 6.45) is -2.15. The van der Waals surface area contributed by atoms with Crippen molar-refractivity contribution in [3.8, 4) is 5.75 Å². The molecule has 7 heteroatoms. The van der Waals surface area contributed by atoms with Crippen LogP contribution >= 0.6 is 0 Å². The lowest BCUT2D eigenvalue weighted by Gasteiger charge is -2.25. The number of benzene rings is 1. The first-order chi connectivity index (χ1) is 11.4. The zero-order valence-electron chi connectivity index (χ0n) is 13.6. The third-order valence-corrected chi connectivity index (χ3v) is 4.21. The van der Waals surface area contributed by atoms with E-state index in [1.165, 1.54) is 26.2 Å². The molecule has 3 rings (SSSR count). The summed E-state index contributed by atoms with van der Waals surface area (Å²) < 4.78 is 21.2. The molecular weight excluding hydrogens is 316 g/mol. The molecule has 0 radical (unpaired) electrons. The molecule has 1 aliphatic heterocycles. The second-order valence-electron chi connectivity index (χ2n) is 5.70. The van der Waals surface area contributed by atoms with Gasteiger partial charge < -0.3 is 23.7 Å². The minimum absolute atomic E-state index is 0.259. The highest BCUT2D eigenvalue weighted by Crippen LogP contribution is 2.42. The molecule has 3 unspecified atom stereocenters. The Kier molecular flexibility index (Phi) is 4.06. The Bertz CT molecular complexity index is 840. The number of carbonyl (C=O) groups is 1. The fourth-order valence-electron chi connectivity index (χ4n) is 2.90. The standard InChI is InChI=1S/C17H18O7/c1-4-22-17(2)15(19)14(24-16(17)20)10-7-9-5-6-13(18)23-11(9)8-12(10)21-3/h5-8,14-15,19H,4H2,1-3H3. The van der Waals surface area contributed by atoms with Gasteiger partial charge in [0.25, 0.3) is 0 Å². The van der Waals surface area contributed by atoms with E-state index in [4.69, 9.17) is 18.6 Å². The smallest absolute Gasteiger partial charge is 0.341 e. The van der Waals surface area contributed by atoms with E-state index in [2.05, 4.69) is 0 Å². The molecule has 0 aliphatic carbocycles. The van der Waals surface area contributed by atoms with Crippen molar-refractivity contribution in [2.24, 2.45) is 0 Å². The summed E-state index contributed by atoms with van der Waals surface area (Å²) in [5.41, 5.74) is -1.10. The predicted molar refractivity (Wildman–Crippen MR) is 83.9 cm³/mol. The maximum Gasteiger partial charge on any atom is 0.341 e. The minimum Gasteiger partial charge on any atom is -0.496 e. The van der Waals surface area contributed by atoms with Gasteiger partial charge in [-0.3, -0.25) is 0 Å². The van der Waals surface area contributed by atoms with Crippen molar-refractivity contribution in [1.29, 1.82) is 0 Å². The van der Waals surface area contributed by atoms with E-state index < -0.39 is 29.4 Å². The molecule has 1 aliphatic rings. The van der Waals surface area contributed by atoms with Gasteiger partial charge in [-0.05, 0) is 26.0 Å². The molecule has 7 nitrogen and oxygen atoms in total. The molecule has 1 aromatic carbocycles. The minimum atomic E-state index is -1.44. The fraction of sp³-hybridized carbons (Fsp3) is 0.412. The number of aliphatic hydroxyl groups is 1. The molecule has 2 aromatic rings. The van der Waals surface area contributed by atoms with Crippen molar-refractivity contribution < 1.29 is 28.5 Å². The molecule has 24 heavy (non-hydrogen) atoms. The molecule has 1 N–H and O–H groups in total. The quantitative estimate of drug-likeness (QED) is 0.669. The number of rotatable bonds is 4. The average Bonchev–Trinajstić information content (AvgIpc) is 2.78. The van der Waals surface area contributed by atoms with Crippen LogP contribution < -0.4 is 10.4 Å². The lowest BCUT2D eigenvalue weighted by molar-refractivity contribution is -0.161. The van der Waals surface area contributed by atoms with Crippen LogP contribution in [0.25, 0.3) is 11.0 Å². The Balaban J connectivity index is 2.10. The monoisotopic (exact) mass is 334 g/mol. The van der Waals surface area contributed by atoms with Crippen LogP contribution in [0.4, 0.5) is 0 Å². The first-order valence-electron chi connectivity index (χ1n) is 7.55. The summed E-state index contributed by atoms with van der Waals surface area (Å²) >= 11 is 0. The molecule has 2 heterocycles. The molecule has 1 fully saturated rings. The molecular formula is C17H18O7. The summed E-state index contributed by atoms with van der Waals surface area (Å²) in [6.45, 7) is 3.49. The van der Waals surface area contributed by atoms with Gasteiger partial charge in [-0.1, -0.05) is 0 Å². The zero-order chi connectivity index (χ0) is 17.5. The highest BCUT2D eigenvalue weighted by molar-refractivity contribution is 5.84. The molecule has 0 amide bonds. The molecule has 3 atom stereocenters. The topological polar surface area (TPSA) is 95.2 Å². The van der Waals surface area contributed by atoms with Crippen LogP contribution in [0.3, 0.4) is 0 Å². The molecule has 1 aromatic heterocycles. The summed E-state index contributed by atoms with van der Waals surface area (Å²) in [4.78, 5) is 23.5. The highest BCUT2D eigenvalue weighted by atomic mass is 16.6. The Morgan fingerprint density at radius 2 is 2.04 bits per heavy atom. The van der Waals surface area contributed by atoms with E-state index in [1.807, 2.05) is 0 Å². The van der Waals surface area contributed by atoms with E-state index in [0.717, 1.165) is 0 Å². The first kappa shape index (κ1) is 16.5. The van der Waals surface area contributed by atoms with Gasteiger partial charge in [0.1, 0.15) is 17.4 Å². The van der Waals surface area contributed by atoms with Crippen LogP contribution in [0.2, 0.25) is 0 Å². The van der Waals surface area contributed by atoms with E-state index >= 15 is 0 Å². The lowest BCUT2D eigenvalue weighted by atomic mass is 9.93. The normalized spacial score (nSPS) is 26.6. The summed E-state index contributed by atoms with van der Waals surface area (Å²) in [5.74, 6) is -0.293. The molecule has 0 spiro atoms. The van der Waals surface area contributed by atoms with Crippen LogP contribution in [0.1, 0.15) is 25.5 Å². The fourth-order valence-corrected chi connectivity index (χ4v) is 2.90. The maximum absolute atomic E-state index is 12.2. The molecule has 0 bridgehead atoms. The maximum atomic E-state index is 12.2. The number of hydrogen-bond acceptors (Lipinski definition) is 7. The van der Waals surface area contributed by atoms with E-state index in [0.29, 0.717) is 22.3 Å². The summed E-state index contributed by atoms with van der Waals surface area (Å²) in [6, 6.07) is 6.08. The van der Waals surface area contributed by atoms with Crippen molar-refractivity contribution in [2.45, 2.75) is 31.7 Å². The van der Waals surface area contributed by atoms with Crippen molar-refractivity contribution in [2.75, 3.05) is 13.7 Å². The summed E-state index contributed by atoms with van der Waals surface area (Å²) in [7, 11) is 1.44. The average molecular weight is 334 g/mol. The van der Waals surface area contributed by atoms with Gasteiger partial charge in [0.05, 0.1) is 7.11 Å². The number of methoxy groups -OCH3 is 1. The third kappa shape index (κ3) is 2.46. The lowest BCUT2D eigenvalue weighted by Crippen LogP contribution is -2.44. The van der Waals surface area contributed by atoms with Crippen LogP contribution in [-0.2, 0) is 14.3 Å². The largest absolute Gasteiger partial charge is 0.496 e. The number of hydrogen-bond donors (Lipinski definition) is 1. The SMILES string of the molecule is CCOC1(C)C(=O)OC(c2cc3ccc(=O)oc3cc2OC)C1O. The van der Waals surface area contributed by atoms with Crippen LogP contribution in [-0.4, -0.2) is 36.5 Å². The van der Waals surface area contributed by atoms with Gasteiger partial charge in [-0.2, -0.15) is 0 Å². The van der Waals surface area contributed by atoms with Gasteiger partial charge in [-0.15, -0.1) is 0 Å². The van der Waals surface area contributed by atoms with E-state index in [1.54, 1.807) is 19.1 Å². The van der Waals surface area contributed by atoms with Gasteiger partial charge >= 0.3 is 11.6 Å². The Morgan fingerprint density at radius 3 is 2.71 bits per heavy atom. The Hall–Kier alpha value is -2.38. The van der Waals surface area contributed by atoms with Gasteiger partial charge in [-0.25, -0.2) is 9.59 Å². The Labute approximate surface area is 137 Å². The van der Waals surface area contributed by atoms with Crippen molar-refractivity contribution in [3.05, 3.63) is 40.2 Å². The third-order valence-electron chi connectivity index (χ3n) is 4.21. The number of aliphatic hydroxyl groups excluding tert-OH is 1. The molecule has 1 saturated heterocycles. The van der Waals surface area contributed by atoms with Gasteiger partial charge in [0, 0.05) is 29.7 Å². The second-order valence-corrected chi connectivity index (χ2v) is 5.70. The van der Waals surface area contributed by atoms with Crippen LogP contribution in [0.5, 0.6) is 5.75 Å². The van der Waals surface area contributed by atoms with Crippen molar-refractivity contribution in [3.63, 3.8) is 0 Å². The van der Waals surface area contributed by atoms with Crippen LogP contribution in [0, 0.1) is 0 Å². The number of fused-ring (bicyclic) bond motifs is 1. The number of ether oxygens (including phenoxy) is 3.